The van der Waals surface area contributed by atoms with E-state index in [1.54, 1.807) is 13.8 Å². The molecule has 0 aromatic rings. The van der Waals surface area contributed by atoms with Gasteiger partial charge >= 0.3 is 11.9 Å². The van der Waals surface area contributed by atoms with E-state index >= 15 is 0 Å². The molecule has 0 aliphatic carbocycles. The predicted octanol–water partition coefficient (Wildman–Crippen LogP) is -0.927. The van der Waals surface area contributed by atoms with Crippen molar-refractivity contribution in [3.8, 4) is 0 Å². The molecule has 0 bridgehead atoms. The van der Waals surface area contributed by atoms with E-state index in [1.807, 2.05) is 13.8 Å². The molecule has 348 valence electrons. The van der Waals surface area contributed by atoms with Crippen LogP contribution in [0, 0.1) is 11.8 Å². The van der Waals surface area contributed by atoms with Crippen LogP contribution in [0.5, 0.6) is 0 Å². The van der Waals surface area contributed by atoms with E-state index in [9.17, 15) is 48.6 Å². The van der Waals surface area contributed by atoms with Gasteiger partial charge in [-0.15, -0.1) is 0 Å². The summed E-state index contributed by atoms with van der Waals surface area (Å²) < 4.78 is 0. The number of carboxylic acid groups (broad SMARTS) is 2. The Bertz CT molecular complexity index is 1490. The van der Waals surface area contributed by atoms with Crippen molar-refractivity contribution in [1.29, 1.82) is 0 Å². The number of aliphatic carboxylic acids is 2. The van der Waals surface area contributed by atoms with E-state index in [2.05, 4.69) is 21.3 Å². The van der Waals surface area contributed by atoms with Crippen LogP contribution >= 0.6 is 21.6 Å². The molecule has 0 unspecified atom stereocenters. The van der Waals surface area contributed by atoms with Crippen LogP contribution in [-0.2, 0) is 38.4 Å². The quantitative estimate of drug-likeness (QED) is 0.0335. The number of carbonyl (C=O) groups is 8. The van der Waals surface area contributed by atoms with E-state index in [0.717, 1.165) is 0 Å². The Morgan fingerprint density at radius 2 is 1.15 bits per heavy atom. The molecule has 0 radical (unpaired) electrons. The number of carboxylic acids is 2. The summed E-state index contributed by atoms with van der Waals surface area (Å²) in [5.74, 6) is -5.81. The van der Waals surface area contributed by atoms with E-state index in [0.29, 0.717) is 71.0 Å². The van der Waals surface area contributed by atoms with Gasteiger partial charge in [0.15, 0.2) is 0 Å². The van der Waals surface area contributed by atoms with Crippen LogP contribution in [0.25, 0.3) is 0 Å². The Morgan fingerprint density at radius 1 is 0.623 bits per heavy atom. The summed E-state index contributed by atoms with van der Waals surface area (Å²) in [6, 6.07) is -8.01. The third-order valence-corrected chi connectivity index (χ3v) is 13.3. The fourth-order valence-corrected chi connectivity index (χ4v) is 9.27. The van der Waals surface area contributed by atoms with Crippen molar-refractivity contribution in [2.45, 2.75) is 147 Å². The molecule has 2 rings (SSSR count). The van der Waals surface area contributed by atoms with Crippen LogP contribution in [0.4, 0.5) is 0 Å². The molecule has 20 nitrogen and oxygen atoms in total. The van der Waals surface area contributed by atoms with Gasteiger partial charge in [-0.3, -0.25) is 28.8 Å². The highest BCUT2D eigenvalue weighted by molar-refractivity contribution is 8.76. The topological polar surface area (TPSA) is 336 Å². The maximum absolute atomic E-state index is 13.8. The summed E-state index contributed by atoms with van der Waals surface area (Å²) in [5.41, 5.74) is 23.6. The highest BCUT2D eigenvalue weighted by atomic mass is 33.1. The van der Waals surface area contributed by atoms with Crippen LogP contribution < -0.4 is 44.2 Å². The lowest BCUT2D eigenvalue weighted by atomic mass is 10.0. The van der Waals surface area contributed by atoms with Crippen molar-refractivity contribution in [2.75, 3.05) is 37.7 Å². The third kappa shape index (κ3) is 17.2. The molecule has 2 aliphatic rings. The number of likely N-dealkylation sites (tertiary alicyclic amines) is 2. The number of nitrogens with two attached hydrogens (primary N) is 4. The van der Waals surface area contributed by atoms with Crippen molar-refractivity contribution in [3.63, 3.8) is 0 Å². The highest BCUT2D eigenvalue weighted by Crippen LogP contribution is 2.25. The van der Waals surface area contributed by atoms with Crippen molar-refractivity contribution < 1.29 is 48.6 Å². The van der Waals surface area contributed by atoms with Gasteiger partial charge in [0.2, 0.25) is 35.4 Å². The number of rotatable bonds is 28. The Morgan fingerprint density at radius 3 is 1.66 bits per heavy atom. The number of amides is 6. The molecule has 2 saturated heterocycles. The smallest absolute Gasteiger partial charge is 0.326 e. The zero-order valence-corrected chi connectivity index (χ0v) is 37.6. The van der Waals surface area contributed by atoms with Gasteiger partial charge in [0.1, 0.15) is 36.3 Å². The van der Waals surface area contributed by atoms with Crippen molar-refractivity contribution in [2.24, 2.45) is 34.8 Å². The second-order valence-electron chi connectivity index (χ2n) is 16.3. The largest absolute Gasteiger partial charge is 0.480 e. The lowest BCUT2D eigenvalue weighted by Crippen LogP contribution is -2.57. The second-order valence-corrected chi connectivity index (χ2v) is 18.9. The standard InChI is InChI=1S/C39H70N10O10S2/c1-22(2)30(43)37(55)49-19-10-13-28(49)34(52)44-25(11-5-7-16-40)33(51)46-27(38(56)57)15-20-60-61-21-24(42)32(50)45-26(12-6-8-17-41)36(54)48-18-9-14-29(48)35(53)47-31(23(3)4)39(58)59/h22-31H,5-21,40-43H2,1-4H3,(H,44,52)(H,45,50)(H,46,51)(H,47,53)(H,56,57)(H,58,59)/t24-,25-,26-,27+,28-,29-,30-,31-/m0/s1. The van der Waals surface area contributed by atoms with Gasteiger partial charge in [-0.1, -0.05) is 49.3 Å². The van der Waals surface area contributed by atoms with Crippen molar-refractivity contribution in [1.82, 2.24) is 31.1 Å². The first kappa shape index (κ1) is 53.4. The average Bonchev–Trinajstić information content (AvgIpc) is 3.91. The van der Waals surface area contributed by atoms with Crippen molar-refractivity contribution >= 4 is 69.0 Å². The van der Waals surface area contributed by atoms with Gasteiger partial charge in [-0.25, -0.2) is 9.59 Å². The molecule has 22 heteroatoms. The summed E-state index contributed by atoms with van der Waals surface area (Å²) in [7, 11) is 2.45. The third-order valence-electron chi connectivity index (χ3n) is 10.8. The summed E-state index contributed by atoms with van der Waals surface area (Å²) in [6.07, 6.45) is 4.50. The van der Waals surface area contributed by atoms with Gasteiger partial charge in [-0.2, -0.15) is 0 Å². The molecule has 0 saturated carbocycles. The molecule has 14 N–H and O–H groups in total. The van der Waals surface area contributed by atoms with E-state index < -0.39 is 89.8 Å². The summed E-state index contributed by atoms with van der Waals surface area (Å²) in [5, 5.41) is 30.0. The molecule has 0 aromatic carbocycles. The lowest BCUT2D eigenvalue weighted by molar-refractivity contribution is -0.145. The van der Waals surface area contributed by atoms with Gasteiger partial charge in [-0.05, 0) is 95.6 Å². The first-order chi connectivity index (χ1) is 28.9. The Balaban J connectivity index is 1.98. The molecule has 2 heterocycles. The summed E-state index contributed by atoms with van der Waals surface area (Å²) in [6.45, 7) is 8.33. The van der Waals surface area contributed by atoms with Gasteiger partial charge in [0.05, 0.1) is 12.1 Å². The van der Waals surface area contributed by atoms with Gasteiger partial charge in [0.25, 0.3) is 0 Å². The molecule has 0 spiro atoms. The van der Waals surface area contributed by atoms with Crippen molar-refractivity contribution in [3.05, 3.63) is 0 Å². The fourth-order valence-electron chi connectivity index (χ4n) is 7.06. The minimum Gasteiger partial charge on any atom is -0.480 e. The molecular weight excluding hydrogens is 833 g/mol. The SMILES string of the molecule is CC(C)[C@H](N)C(=O)N1CCC[C@H]1C(=O)N[C@@H](CCCCN)C(=O)N[C@H](CCSSC[C@H](N)C(=O)N[C@@H](CCCCN)C(=O)N1CCC[C@H]1C(=O)N[C@H](C(=O)O)C(C)C)C(=O)O. The summed E-state index contributed by atoms with van der Waals surface area (Å²) >= 11 is 0. The minimum absolute atomic E-state index is 0.00825. The summed E-state index contributed by atoms with van der Waals surface area (Å²) in [4.78, 5) is 107. The highest BCUT2D eigenvalue weighted by Gasteiger charge is 2.40. The maximum atomic E-state index is 13.8. The first-order valence-corrected chi connectivity index (χ1v) is 23.8. The normalized spacial score (nSPS) is 19.4. The molecule has 8 atom stereocenters. The van der Waals surface area contributed by atoms with E-state index in [1.165, 1.54) is 31.4 Å². The second kappa shape index (κ2) is 27.4. The first-order valence-electron chi connectivity index (χ1n) is 21.3. The van der Waals surface area contributed by atoms with Crippen LogP contribution in [0.2, 0.25) is 0 Å². The number of hydrogen-bond donors (Lipinski definition) is 10. The van der Waals surface area contributed by atoms with Crippen LogP contribution in [0.3, 0.4) is 0 Å². The Labute approximate surface area is 366 Å². The molecular formula is C39H70N10O10S2. The number of unbranched alkanes of at least 4 members (excludes halogenated alkanes) is 2. The lowest BCUT2D eigenvalue weighted by Gasteiger charge is -2.30. The van der Waals surface area contributed by atoms with Gasteiger partial charge in [0, 0.05) is 24.6 Å². The van der Waals surface area contributed by atoms with E-state index in [-0.39, 0.29) is 55.1 Å². The monoisotopic (exact) mass is 902 g/mol. The maximum Gasteiger partial charge on any atom is 0.326 e. The number of carbonyl (C=O) groups excluding carboxylic acids is 6. The molecule has 2 fully saturated rings. The zero-order valence-electron chi connectivity index (χ0n) is 36.0. The average molecular weight is 903 g/mol. The number of nitrogens with zero attached hydrogens (tertiary/aromatic N) is 2. The minimum atomic E-state index is -1.29. The Kier molecular flexibility index (Phi) is 24.0. The molecule has 6 amide bonds. The zero-order chi connectivity index (χ0) is 45.8. The van der Waals surface area contributed by atoms with Crippen LogP contribution in [0.15, 0.2) is 0 Å². The van der Waals surface area contributed by atoms with Crippen LogP contribution in [0.1, 0.15) is 98.3 Å². The fraction of sp³-hybridized carbons (Fsp3) is 0.795. The Hall–Kier alpha value is -3.70. The van der Waals surface area contributed by atoms with Crippen LogP contribution in [-0.4, -0.2) is 153 Å². The number of hydrogen-bond acceptors (Lipinski definition) is 14. The number of nitrogens with one attached hydrogen (secondary N) is 4. The predicted molar refractivity (Wildman–Crippen MR) is 233 cm³/mol. The molecule has 2 aliphatic heterocycles. The molecule has 61 heavy (non-hydrogen) atoms. The molecule has 0 aromatic heterocycles. The van der Waals surface area contributed by atoms with Gasteiger partial charge < -0.3 is 64.2 Å². The van der Waals surface area contributed by atoms with E-state index in [4.69, 9.17) is 22.9 Å².